The highest BCUT2D eigenvalue weighted by Gasteiger charge is 2.28. The third-order valence-electron chi connectivity index (χ3n) is 4.76. The molecule has 0 radical (unpaired) electrons. The molecule has 0 atom stereocenters. The second kappa shape index (κ2) is 10.2. The number of carbonyl (C=O) groups is 2. The number of anilines is 1. The summed E-state index contributed by atoms with van der Waals surface area (Å²) in [5.41, 5.74) is 0.992. The lowest BCUT2D eigenvalue weighted by molar-refractivity contribution is -0.121. The van der Waals surface area contributed by atoms with Gasteiger partial charge >= 0.3 is 0 Å². The Labute approximate surface area is 151 Å². The summed E-state index contributed by atoms with van der Waals surface area (Å²) in [6, 6.07) is 10.2. The molecule has 138 valence electrons. The minimum atomic E-state index is 0.135. The van der Waals surface area contributed by atoms with Crippen LogP contribution in [0, 0.1) is 0 Å². The minimum Gasteiger partial charge on any atom is -0.356 e. The van der Waals surface area contributed by atoms with Crippen LogP contribution in [-0.4, -0.2) is 48.9 Å². The molecule has 0 bridgehead atoms. The van der Waals surface area contributed by atoms with Gasteiger partial charge in [0.25, 0.3) is 0 Å². The van der Waals surface area contributed by atoms with Crippen LogP contribution >= 0.6 is 0 Å². The number of rotatable bonds is 8. The molecule has 1 fully saturated rings. The monoisotopic (exact) mass is 345 g/mol. The number of hydrogen-bond acceptors (Lipinski definition) is 3. The van der Waals surface area contributed by atoms with Gasteiger partial charge in [-0.1, -0.05) is 32.0 Å². The van der Waals surface area contributed by atoms with Crippen LogP contribution in [0.1, 0.15) is 46.0 Å². The number of piperidine rings is 1. The standard InChI is InChI=1S/C20H31N3O2/c1-3-13-21-19(24)12-16-22-14-10-18(11-15-22)23(20(25)4-2)17-8-6-5-7-9-17/h5-9,18H,3-4,10-16H2,1-2H3,(H,21,24). The molecule has 1 aromatic carbocycles. The van der Waals surface area contributed by atoms with Crippen molar-refractivity contribution < 1.29 is 9.59 Å². The fourth-order valence-corrected chi connectivity index (χ4v) is 3.33. The second-order valence-corrected chi connectivity index (χ2v) is 6.63. The molecule has 5 heteroatoms. The quantitative estimate of drug-likeness (QED) is 0.788. The largest absolute Gasteiger partial charge is 0.356 e. The van der Waals surface area contributed by atoms with Gasteiger partial charge in [-0.3, -0.25) is 9.59 Å². The van der Waals surface area contributed by atoms with Gasteiger partial charge in [-0.15, -0.1) is 0 Å². The van der Waals surface area contributed by atoms with E-state index in [4.69, 9.17) is 0 Å². The number of carbonyl (C=O) groups excluding carboxylic acids is 2. The van der Waals surface area contributed by atoms with E-state index >= 15 is 0 Å². The van der Waals surface area contributed by atoms with Crippen molar-refractivity contribution in [3.05, 3.63) is 30.3 Å². The van der Waals surface area contributed by atoms with Gasteiger partial charge < -0.3 is 15.1 Å². The molecule has 1 N–H and O–H groups in total. The summed E-state index contributed by atoms with van der Waals surface area (Å²) in [5.74, 6) is 0.319. The minimum absolute atomic E-state index is 0.135. The summed E-state index contributed by atoms with van der Waals surface area (Å²) in [5, 5.41) is 2.92. The molecular weight excluding hydrogens is 314 g/mol. The van der Waals surface area contributed by atoms with Gasteiger partial charge in [-0.2, -0.15) is 0 Å². The molecule has 0 spiro atoms. The molecular formula is C20H31N3O2. The maximum absolute atomic E-state index is 12.5. The van der Waals surface area contributed by atoms with Crippen LogP contribution < -0.4 is 10.2 Å². The first-order valence-corrected chi connectivity index (χ1v) is 9.51. The summed E-state index contributed by atoms with van der Waals surface area (Å²) in [7, 11) is 0. The first-order valence-electron chi connectivity index (χ1n) is 9.51. The van der Waals surface area contributed by atoms with Crippen molar-refractivity contribution >= 4 is 17.5 Å². The maximum atomic E-state index is 12.5. The van der Waals surface area contributed by atoms with Crippen molar-refractivity contribution in [3.8, 4) is 0 Å². The Morgan fingerprint density at radius 3 is 2.44 bits per heavy atom. The summed E-state index contributed by atoms with van der Waals surface area (Å²) in [6.45, 7) is 7.41. The Kier molecular flexibility index (Phi) is 7.92. The Balaban J connectivity index is 1.86. The van der Waals surface area contributed by atoms with Crippen molar-refractivity contribution in [3.63, 3.8) is 0 Å². The predicted octanol–water partition coefficient (Wildman–Crippen LogP) is 2.81. The Morgan fingerprint density at radius 2 is 1.84 bits per heavy atom. The van der Waals surface area contributed by atoms with E-state index in [2.05, 4.69) is 17.1 Å². The summed E-state index contributed by atoms with van der Waals surface area (Å²) < 4.78 is 0. The zero-order chi connectivity index (χ0) is 18.1. The molecule has 0 saturated carbocycles. The van der Waals surface area contributed by atoms with Crippen molar-refractivity contribution in [2.45, 2.75) is 52.0 Å². The maximum Gasteiger partial charge on any atom is 0.226 e. The van der Waals surface area contributed by atoms with Gasteiger partial charge in [0.15, 0.2) is 0 Å². The van der Waals surface area contributed by atoms with Gasteiger partial charge in [-0.05, 0) is 31.4 Å². The van der Waals surface area contributed by atoms with Crippen molar-refractivity contribution in [2.24, 2.45) is 0 Å². The average Bonchev–Trinajstić information content (AvgIpc) is 2.66. The molecule has 5 nitrogen and oxygen atoms in total. The molecule has 0 unspecified atom stereocenters. The van der Waals surface area contributed by atoms with Gasteiger partial charge in [0, 0.05) is 50.7 Å². The number of benzene rings is 1. The Morgan fingerprint density at radius 1 is 1.16 bits per heavy atom. The molecule has 1 saturated heterocycles. The normalized spacial score (nSPS) is 15.8. The zero-order valence-electron chi connectivity index (χ0n) is 15.5. The third kappa shape index (κ3) is 5.85. The molecule has 0 aromatic heterocycles. The fraction of sp³-hybridized carbons (Fsp3) is 0.600. The van der Waals surface area contributed by atoms with Crippen molar-refractivity contribution in [1.82, 2.24) is 10.2 Å². The molecule has 1 aromatic rings. The molecule has 1 heterocycles. The third-order valence-corrected chi connectivity index (χ3v) is 4.76. The highest BCUT2D eigenvalue weighted by atomic mass is 16.2. The van der Waals surface area contributed by atoms with E-state index in [1.165, 1.54) is 0 Å². The van der Waals surface area contributed by atoms with E-state index in [-0.39, 0.29) is 17.9 Å². The van der Waals surface area contributed by atoms with E-state index in [0.717, 1.165) is 51.1 Å². The molecule has 2 amide bonds. The number of likely N-dealkylation sites (tertiary alicyclic amines) is 1. The van der Waals surface area contributed by atoms with Crippen LogP contribution in [0.15, 0.2) is 30.3 Å². The highest BCUT2D eigenvalue weighted by Crippen LogP contribution is 2.24. The average molecular weight is 345 g/mol. The lowest BCUT2D eigenvalue weighted by Gasteiger charge is -2.38. The smallest absolute Gasteiger partial charge is 0.226 e. The van der Waals surface area contributed by atoms with Crippen LogP contribution in [0.2, 0.25) is 0 Å². The lowest BCUT2D eigenvalue weighted by Crippen LogP contribution is -2.48. The number of amides is 2. The lowest BCUT2D eigenvalue weighted by atomic mass is 10.0. The van der Waals surface area contributed by atoms with Crippen molar-refractivity contribution in [1.29, 1.82) is 0 Å². The SMILES string of the molecule is CCCNC(=O)CCN1CCC(N(C(=O)CC)c2ccccc2)CC1. The van der Waals surface area contributed by atoms with E-state index in [1.807, 2.05) is 42.2 Å². The summed E-state index contributed by atoms with van der Waals surface area (Å²) in [4.78, 5) is 28.5. The first kappa shape index (κ1) is 19.4. The van der Waals surface area contributed by atoms with Crippen LogP contribution in [-0.2, 0) is 9.59 Å². The Bertz CT molecular complexity index is 539. The van der Waals surface area contributed by atoms with Gasteiger partial charge in [-0.25, -0.2) is 0 Å². The number of nitrogens with zero attached hydrogens (tertiary/aromatic N) is 2. The highest BCUT2D eigenvalue weighted by molar-refractivity contribution is 5.93. The number of hydrogen-bond donors (Lipinski definition) is 1. The topological polar surface area (TPSA) is 52.7 Å². The van der Waals surface area contributed by atoms with Gasteiger partial charge in [0.05, 0.1) is 0 Å². The molecule has 25 heavy (non-hydrogen) atoms. The second-order valence-electron chi connectivity index (χ2n) is 6.63. The first-order chi connectivity index (χ1) is 12.2. The molecule has 1 aliphatic heterocycles. The Hall–Kier alpha value is -1.88. The number of nitrogens with one attached hydrogen (secondary N) is 1. The number of para-hydroxylation sites is 1. The fourth-order valence-electron chi connectivity index (χ4n) is 3.33. The summed E-state index contributed by atoms with van der Waals surface area (Å²) >= 11 is 0. The van der Waals surface area contributed by atoms with E-state index < -0.39 is 0 Å². The summed E-state index contributed by atoms with van der Waals surface area (Å²) in [6.07, 6.45) is 3.96. The molecule has 1 aliphatic rings. The van der Waals surface area contributed by atoms with E-state index in [1.54, 1.807) is 0 Å². The van der Waals surface area contributed by atoms with Crippen LogP contribution in [0.4, 0.5) is 5.69 Å². The zero-order valence-corrected chi connectivity index (χ0v) is 15.5. The van der Waals surface area contributed by atoms with Crippen LogP contribution in [0.5, 0.6) is 0 Å². The van der Waals surface area contributed by atoms with Gasteiger partial charge in [0.1, 0.15) is 0 Å². The van der Waals surface area contributed by atoms with Crippen molar-refractivity contribution in [2.75, 3.05) is 31.1 Å². The van der Waals surface area contributed by atoms with Crippen LogP contribution in [0.25, 0.3) is 0 Å². The molecule has 2 rings (SSSR count). The van der Waals surface area contributed by atoms with Gasteiger partial charge in [0.2, 0.25) is 11.8 Å². The molecule has 0 aliphatic carbocycles. The predicted molar refractivity (Wildman–Crippen MR) is 102 cm³/mol. The van der Waals surface area contributed by atoms with E-state index in [0.29, 0.717) is 12.8 Å². The van der Waals surface area contributed by atoms with Crippen LogP contribution in [0.3, 0.4) is 0 Å². The van der Waals surface area contributed by atoms with E-state index in [9.17, 15) is 9.59 Å².